The van der Waals surface area contributed by atoms with Gasteiger partial charge < -0.3 is 10.7 Å². The molecule has 3 N–H and O–H groups in total. The van der Waals surface area contributed by atoms with Gasteiger partial charge in [-0.25, -0.2) is 13.4 Å². The molecule has 0 aliphatic heterocycles. The molecule has 0 aliphatic carbocycles. The maximum atomic E-state index is 11.1. The topological polar surface area (TPSA) is 107 Å². The van der Waals surface area contributed by atoms with Gasteiger partial charge in [0.2, 0.25) is 0 Å². The van der Waals surface area contributed by atoms with E-state index >= 15 is 0 Å². The van der Waals surface area contributed by atoms with Crippen LogP contribution in [-0.4, -0.2) is 40.2 Å². The van der Waals surface area contributed by atoms with Gasteiger partial charge in [-0.3, -0.25) is 4.68 Å². The predicted molar refractivity (Wildman–Crippen MR) is 72.0 cm³/mol. The molecule has 0 saturated carbocycles. The molecule has 2 aromatic heterocycles. The number of hydrogen-bond acceptors (Lipinski definition) is 5. The van der Waals surface area contributed by atoms with Gasteiger partial charge in [0.25, 0.3) is 0 Å². The van der Waals surface area contributed by atoms with Gasteiger partial charge in [0.05, 0.1) is 29.4 Å². The second-order valence-electron chi connectivity index (χ2n) is 4.55. The summed E-state index contributed by atoms with van der Waals surface area (Å²) in [5.41, 5.74) is 7.63. The van der Waals surface area contributed by atoms with Crippen LogP contribution < -0.4 is 5.73 Å². The van der Waals surface area contributed by atoms with Crippen molar-refractivity contribution in [2.45, 2.75) is 12.5 Å². The van der Waals surface area contributed by atoms with Crippen LogP contribution in [0.15, 0.2) is 18.5 Å². The predicted octanol–water partition coefficient (Wildman–Crippen LogP) is 0.245. The van der Waals surface area contributed by atoms with E-state index in [-0.39, 0.29) is 5.75 Å². The average Bonchev–Trinajstić information content (AvgIpc) is 2.93. The van der Waals surface area contributed by atoms with Gasteiger partial charge in [0.1, 0.15) is 15.7 Å². The first-order valence-electron chi connectivity index (χ1n) is 5.83. The number of sulfone groups is 1. The molecular formula is C11H17N5O2S. The third-order valence-corrected chi connectivity index (χ3v) is 3.82. The normalized spacial score (nSPS) is 13.6. The van der Waals surface area contributed by atoms with E-state index in [1.807, 2.05) is 13.1 Å². The molecule has 0 aliphatic rings. The Morgan fingerprint density at radius 3 is 2.84 bits per heavy atom. The van der Waals surface area contributed by atoms with Crippen molar-refractivity contribution in [2.75, 3.05) is 12.0 Å². The summed E-state index contributed by atoms with van der Waals surface area (Å²) in [5.74, 6) is 0.635. The second-order valence-corrected chi connectivity index (χ2v) is 6.81. The monoisotopic (exact) mass is 283 g/mol. The quantitative estimate of drug-likeness (QED) is 0.817. The zero-order valence-electron chi connectivity index (χ0n) is 10.9. The lowest BCUT2D eigenvalue weighted by Crippen LogP contribution is -2.16. The Kier molecular flexibility index (Phi) is 3.72. The summed E-state index contributed by atoms with van der Waals surface area (Å²) < 4.78 is 23.9. The molecule has 8 heteroatoms. The first-order valence-corrected chi connectivity index (χ1v) is 7.89. The van der Waals surface area contributed by atoms with Crippen LogP contribution in [0.4, 0.5) is 0 Å². The molecule has 0 radical (unpaired) electrons. The maximum Gasteiger partial charge on any atom is 0.147 e. The summed E-state index contributed by atoms with van der Waals surface area (Å²) >= 11 is 0. The molecule has 0 aromatic carbocycles. The van der Waals surface area contributed by atoms with E-state index in [0.717, 1.165) is 11.4 Å². The Labute approximate surface area is 111 Å². The lowest BCUT2D eigenvalue weighted by Gasteiger charge is -2.07. The summed E-state index contributed by atoms with van der Waals surface area (Å²) in [6.07, 6.45) is 4.91. The van der Waals surface area contributed by atoms with Gasteiger partial charge in [-0.2, -0.15) is 5.10 Å². The third kappa shape index (κ3) is 3.42. The molecule has 2 heterocycles. The van der Waals surface area contributed by atoms with Gasteiger partial charge in [0, 0.05) is 19.5 Å². The van der Waals surface area contributed by atoms with Crippen LogP contribution in [0, 0.1) is 0 Å². The minimum Gasteiger partial charge on any atom is -0.339 e. The minimum atomic E-state index is -3.01. The minimum absolute atomic E-state index is 0.0515. The smallest absolute Gasteiger partial charge is 0.147 e. The van der Waals surface area contributed by atoms with Crippen molar-refractivity contribution in [2.24, 2.45) is 12.8 Å². The average molecular weight is 283 g/mol. The lowest BCUT2D eigenvalue weighted by molar-refractivity contribution is 0.587. The molecule has 2 rings (SSSR count). The van der Waals surface area contributed by atoms with Crippen molar-refractivity contribution in [3.8, 4) is 11.4 Å². The molecule has 0 amide bonds. The number of nitrogens with two attached hydrogens (primary N) is 1. The molecule has 0 bridgehead atoms. The van der Waals surface area contributed by atoms with Crippen molar-refractivity contribution >= 4 is 9.84 Å². The summed E-state index contributed by atoms with van der Waals surface area (Å²) in [7, 11) is -1.17. The number of nitrogens with one attached hydrogen (secondary N) is 1. The van der Waals surface area contributed by atoms with Gasteiger partial charge in [0.15, 0.2) is 0 Å². The van der Waals surface area contributed by atoms with Crippen molar-refractivity contribution in [1.82, 2.24) is 19.7 Å². The molecule has 1 atom stereocenters. The summed E-state index contributed by atoms with van der Waals surface area (Å²) in [6, 6.07) is 1.44. The molecule has 19 heavy (non-hydrogen) atoms. The highest BCUT2D eigenvalue weighted by Crippen LogP contribution is 2.18. The van der Waals surface area contributed by atoms with Crippen molar-refractivity contribution in [3.05, 3.63) is 24.3 Å². The largest absolute Gasteiger partial charge is 0.339 e. The number of hydrogen-bond donors (Lipinski definition) is 2. The third-order valence-electron chi connectivity index (χ3n) is 2.84. The van der Waals surface area contributed by atoms with Crippen molar-refractivity contribution < 1.29 is 8.42 Å². The zero-order chi connectivity index (χ0) is 14.0. The van der Waals surface area contributed by atoms with E-state index in [0.29, 0.717) is 12.2 Å². The number of rotatable bonds is 5. The first kappa shape index (κ1) is 13.8. The highest BCUT2D eigenvalue weighted by Gasteiger charge is 2.14. The highest BCUT2D eigenvalue weighted by molar-refractivity contribution is 7.90. The number of aromatic amines is 1. The summed E-state index contributed by atoms with van der Waals surface area (Å²) in [5, 5.41) is 4.07. The van der Waals surface area contributed by atoms with E-state index in [9.17, 15) is 8.42 Å². The first-order chi connectivity index (χ1) is 8.87. The Morgan fingerprint density at radius 2 is 2.26 bits per heavy atom. The number of nitrogens with zero attached hydrogens (tertiary/aromatic N) is 3. The highest BCUT2D eigenvalue weighted by atomic mass is 32.2. The van der Waals surface area contributed by atoms with E-state index in [4.69, 9.17) is 5.73 Å². The summed E-state index contributed by atoms with van der Waals surface area (Å²) in [6.45, 7) is 0. The van der Waals surface area contributed by atoms with Crippen LogP contribution in [-0.2, 0) is 16.9 Å². The Hall–Kier alpha value is -1.67. The fourth-order valence-electron chi connectivity index (χ4n) is 1.77. The van der Waals surface area contributed by atoms with Gasteiger partial charge in [-0.15, -0.1) is 0 Å². The fraction of sp³-hybridized carbons (Fsp3) is 0.455. The molecule has 7 nitrogen and oxygen atoms in total. The van der Waals surface area contributed by atoms with Crippen LogP contribution >= 0.6 is 0 Å². The lowest BCUT2D eigenvalue weighted by atomic mass is 10.2. The molecule has 0 fully saturated rings. The Morgan fingerprint density at radius 1 is 1.53 bits per heavy atom. The molecule has 1 unspecified atom stereocenters. The van der Waals surface area contributed by atoms with Gasteiger partial charge in [-0.05, 0) is 12.5 Å². The number of aryl methyl sites for hydroxylation is 1. The van der Waals surface area contributed by atoms with Crippen LogP contribution in [0.2, 0.25) is 0 Å². The standard InChI is InChI=1S/C11H17N5O2S/c1-16-10(3-5-14-16)9-7-13-11(15-9)8(12)4-6-19(2,17)18/h3,5,7-8H,4,6,12H2,1-2H3,(H,13,15). The zero-order valence-corrected chi connectivity index (χ0v) is 11.7. The van der Waals surface area contributed by atoms with Crippen molar-refractivity contribution in [3.63, 3.8) is 0 Å². The van der Waals surface area contributed by atoms with E-state index in [2.05, 4.69) is 15.1 Å². The van der Waals surface area contributed by atoms with E-state index in [1.54, 1.807) is 17.1 Å². The van der Waals surface area contributed by atoms with Gasteiger partial charge >= 0.3 is 0 Å². The Bertz CT molecular complexity index is 658. The van der Waals surface area contributed by atoms with Crippen LogP contribution in [0.5, 0.6) is 0 Å². The molecule has 104 valence electrons. The maximum absolute atomic E-state index is 11.1. The number of H-pyrrole nitrogens is 1. The number of aromatic nitrogens is 4. The Balaban J connectivity index is 2.11. The molecule has 0 spiro atoms. The number of imidazole rings is 1. The van der Waals surface area contributed by atoms with Crippen molar-refractivity contribution in [1.29, 1.82) is 0 Å². The molecule has 2 aromatic rings. The second kappa shape index (κ2) is 5.14. The van der Waals surface area contributed by atoms with E-state index < -0.39 is 15.9 Å². The molecule has 0 saturated heterocycles. The van der Waals surface area contributed by atoms with Crippen LogP contribution in [0.1, 0.15) is 18.3 Å². The van der Waals surface area contributed by atoms with Gasteiger partial charge in [-0.1, -0.05) is 0 Å². The van der Waals surface area contributed by atoms with Crippen LogP contribution in [0.25, 0.3) is 11.4 Å². The molecular weight excluding hydrogens is 266 g/mol. The SMILES string of the molecule is Cn1nccc1-c1cnc(C(N)CCS(C)(=O)=O)[nH]1. The summed E-state index contributed by atoms with van der Waals surface area (Å²) in [4.78, 5) is 7.30. The van der Waals surface area contributed by atoms with E-state index in [1.165, 1.54) is 6.26 Å². The fourth-order valence-corrected chi connectivity index (χ4v) is 2.45. The van der Waals surface area contributed by atoms with Crippen LogP contribution in [0.3, 0.4) is 0 Å².